The van der Waals surface area contributed by atoms with Crippen molar-refractivity contribution in [2.75, 3.05) is 6.54 Å². The Hall–Kier alpha value is -2.03. The van der Waals surface area contributed by atoms with Crippen LogP contribution in [0.25, 0.3) is 0 Å². The minimum absolute atomic E-state index is 0.00972. The summed E-state index contributed by atoms with van der Waals surface area (Å²) < 4.78 is 50.0. The highest BCUT2D eigenvalue weighted by Crippen LogP contribution is 2.29. The number of hydrogen-bond acceptors (Lipinski definition) is 1. The van der Waals surface area contributed by atoms with E-state index in [1.807, 2.05) is 0 Å². The highest BCUT2D eigenvalue weighted by Gasteiger charge is 2.30. The molecule has 0 bridgehead atoms. The number of alkyl halides is 3. The first kappa shape index (κ1) is 14.0. The second-order valence-electron chi connectivity index (χ2n) is 3.40. The van der Waals surface area contributed by atoms with Gasteiger partial charge in [0.2, 0.25) is 5.91 Å². The van der Waals surface area contributed by atoms with Crippen LogP contribution in [-0.2, 0) is 11.0 Å². The van der Waals surface area contributed by atoms with Crippen molar-refractivity contribution >= 4 is 5.91 Å². The number of amides is 1. The van der Waals surface area contributed by atoms with Crippen molar-refractivity contribution in [3.8, 4) is 11.8 Å². The van der Waals surface area contributed by atoms with E-state index in [9.17, 15) is 22.4 Å². The minimum Gasteiger partial charge on any atom is -0.345 e. The maximum absolute atomic E-state index is 13.3. The van der Waals surface area contributed by atoms with E-state index in [0.29, 0.717) is 6.07 Å². The lowest BCUT2D eigenvalue weighted by Gasteiger charge is -2.06. The van der Waals surface area contributed by atoms with Crippen LogP contribution in [0.15, 0.2) is 18.2 Å². The number of halogens is 4. The zero-order chi connectivity index (χ0) is 13.8. The number of nitrogens with one attached hydrogen (secondary N) is 1. The molecule has 0 unspecified atom stereocenters. The van der Waals surface area contributed by atoms with Crippen molar-refractivity contribution in [2.45, 2.75) is 13.1 Å². The predicted molar refractivity (Wildman–Crippen MR) is 57.0 cm³/mol. The highest BCUT2D eigenvalue weighted by molar-refractivity contribution is 5.73. The van der Waals surface area contributed by atoms with Crippen molar-refractivity contribution in [3.05, 3.63) is 35.1 Å². The van der Waals surface area contributed by atoms with E-state index in [0.717, 1.165) is 12.1 Å². The molecule has 1 aromatic carbocycles. The molecular weight excluding hydrogens is 250 g/mol. The molecule has 0 heterocycles. The van der Waals surface area contributed by atoms with E-state index >= 15 is 0 Å². The van der Waals surface area contributed by atoms with Gasteiger partial charge in [-0.25, -0.2) is 4.39 Å². The Morgan fingerprint density at radius 2 is 2.06 bits per heavy atom. The van der Waals surface area contributed by atoms with Gasteiger partial charge in [-0.2, -0.15) is 13.2 Å². The van der Waals surface area contributed by atoms with Crippen molar-refractivity contribution in [2.24, 2.45) is 0 Å². The maximum atomic E-state index is 13.3. The van der Waals surface area contributed by atoms with Crippen LogP contribution in [0.4, 0.5) is 17.6 Å². The van der Waals surface area contributed by atoms with Gasteiger partial charge >= 0.3 is 6.18 Å². The van der Waals surface area contributed by atoms with Gasteiger partial charge in [0.25, 0.3) is 0 Å². The first-order valence-electron chi connectivity index (χ1n) is 4.91. The first-order valence-corrected chi connectivity index (χ1v) is 4.91. The Kier molecular flexibility index (Phi) is 4.32. The third kappa shape index (κ3) is 4.09. The molecule has 0 aromatic heterocycles. The standard InChI is InChI=1S/C12H9F4NO/c1-8(18)17-6-2-3-9-4-5-10(7-11(9)13)12(14,15)16/h4-5,7H,6H2,1H3,(H,17,18). The van der Waals surface area contributed by atoms with Gasteiger partial charge in [-0.05, 0) is 18.2 Å². The molecule has 0 saturated heterocycles. The largest absolute Gasteiger partial charge is 0.416 e. The monoisotopic (exact) mass is 259 g/mol. The fourth-order valence-electron chi connectivity index (χ4n) is 1.10. The summed E-state index contributed by atoms with van der Waals surface area (Å²) in [5, 5.41) is 2.36. The number of benzene rings is 1. The lowest BCUT2D eigenvalue weighted by molar-refractivity contribution is -0.137. The summed E-state index contributed by atoms with van der Waals surface area (Å²) >= 11 is 0. The average Bonchev–Trinajstić information content (AvgIpc) is 2.24. The van der Waals surface area contributed by atoms with E-state index in [2.05, 4.69) is 17.2 Å². The molecule has 0 radical (unpaired) electrons. The molecule has 1 N–H and O–H groups in total. The molecule has 1 amide bonds. The first-order chi connectivity index (χ1) is 8.30. The van der Waals surface area contributed by atoms with Gasteiger partial charge in [-0.15, -0.1) is 0 Å². The molecule has 1 rings (SSSR count). The Morgan fingerprint density at radius 3 is 2.56 bits per heavy atom. The van der Waals surface area contributed by atoms with Crippen molar-refractivity contribution in [3.63, 3.8) is 0 Å². The van der Waals surface area contributed by atoms with Gasteiger partial charge in [0.15, 0.2) is 0 Å². The predicted octanol–water partition coefficient (Wildman–Crippen LogP) is 2.33. The molecule has 0 saturated carbocycles. The molecule has 0 aliphatic rings. The number of hydrogen-bond donors (Lipinski definition) is 1. The van der Waals surface area contributed by atoms with E-state index < -0.39 is 17.6 Å². The van der Waals surface area contributed by atoms with Crippen LogP contribution in [0.1, 0.15) is 18.1 Å². The van der Waals surface area contributed by atoms with Crippen LogP contribution < -0.4 is 5.32 Å². The molecule has 96 valence electrons. The molecular formula is C12H9F4NO. The summed E-state index contributed by atoms with van der Waals surface area (Å²) in [6.45, 7) is 1.30. The number of rotatable bonds is 1. The lowest BCUT2D eigenvalue weighted by atomic mass is 10.1. The summed E-state index contributed by atoms with van der Waals surface area (Å²) in [7, 11) is 0. The average molecular weight is 259 g/mol. The van der Waals surface area contributed by atoms with Crippen LogP contribution in [0.2, 0.25) is 0 Å². The summed E-state index contributed by atoms with van der Waals surface area (Å²) in [5.74, 6) is 3.43. The molecule has 0 fully saturated rings. The second kappa shape index (κ2) is 5.54. The summed E-state index contributed by atoms with van der Waals surface area (Å²) in [6, 6.07) is 2.10. The van der Waals surface area contributed by atoms with E-state index in [1.165, 1.54) is 6.92 Å². The van der Waals surface area contributed by atoms with Crippen LogP contribution in [0.3, 0.4) is 0 Å². The zero-order valence-electron chi connectivity index (χ0n) is 9.36. The second-order valence-corrected chi connectivity index (χ2v) is 3.40. The van der Waals surface area contributed by atoms with Crippen LogP contribution in [-0.4, -0.2) is 12.5 Å². The molecule has 0 aliphatic carbocycles. The van der Waals surface area contributed by atoms with Gasteiger partial charge in [0.1, 0.15) is 5.82 Å². The molecule has 6 heteroatoms. The van der Waals surface area contributed by atoms with Crippen LogP contribution in [0.5, 0.6) is 0 Å². The van der Waals surface area contributed by atoms with E-state index in [1.54, 1.807) is 0 Å². The van der Waals surface area contributed by atoms with Gasteiger partial charge in [0, 0.05) is 6.92 Å². The van der Waals surface area contributed by atoms with E-state index in [-0.39, 0.29) is 18.0 Å². The number of carbonyl (C=O) groups excluding carboxylic acids is 1. The summed E-state index contributed by atoms with van der Waals surface area (Å²) in [5.41, 5.74) is -1.21. The molecule has 0 spiro atoms. The normalized spacial score (nSPS) is 10.5. The third-order valence-corrected chi connectivity index (χ3v) is 1.95. The summed E-state index contributed by atoms with van der Waals surface area (Å²) in [6.07, 6.45) is -4.58. The maximum Gasteiger partial charge on any atom is 0.416 e. The molecule has 0 aliphatic heterocycles. The van der Waals surface area contributed by atoms with Gasteiger partial charge in [0.05, 0.1) is 17.7 Å². The van der Waals surface area contributed by atoms with Crippen molar-refractivity contribution < 1.29 is 22.4 Å². The molecule has 0 atom stereocenters. The van der Waals surface area contributed by atoms with Crippen molar-refractivity contribution in [1.82, 2.24) is 5.32 Å². The number of carbonyl (C=O) groups is 1. The Labute approximate surface area is 101 Å². The molecule has 1 aromatic rings. The SMILES string of the molecule is CC(=O)NCC#Cc1ccc(C(F)(F)F)cc1F. The van der Waals surface area contributed by atoms with E-state index in [4.69, 9.17) is 0 Å². The Bertz CT molecular complexity index is 511. The Balaban J connectivity index is 2.83. The fourth-order valence-corrected chi connectivity index (χ4v) is 1.10. The molecule has 18 heavy (non-hydrogen) atoms. The van der Waals surface area contributed by atoms with Crippen LogP contribution >= 0.6 is 0 Å². The third-order valence-electron chi connectivity index (χ3n) is 1.95. The zero-order valence-corrected chi connectivity index (χ0v) is 9.36. The van der Waals surface area contributed by atoms with Gasteiger partial charge in [-0.3, -0.25) is 4.79 Å². The molecule has 2 nitrogen and oxygen atoms in total. The quantitative estimate of drug-likeness (QED) is 0.608. The highest BCUT2D eigenvalue weighted by atomic mass is 19.4. The smallest absolute Gasteiger partial charge is 0.345 e. The van der Waals surface area contributed by atoms with Gasteiger partial charge < -0.3 is 5.32 Å². The lowest BCUT2D eigenvalue weighted by Crippen LogP contribution is -2.19. The van der Waals surface area contributed by atoms with Crippen molar-refractivity contribution in [1.29, 1.82) is 0 Å². The fraction of sp³-hybridized carbons (Fsp3) is 0.250. The van der Waals surface area contributed by atoms with Gasteiger partial charge in [-0.1, -0.05) is 11.8 Å². The van der Waals surface area contributed by atoms with Crippen LogP contribution in [0, 0.1) is 17.7 Å². The topological polar surface area (TPSA) is 29.1 Å². The minimum atomic E-state index is -4.58. The Morgan fingerprint density at radius 1 is 1.39 bits per heavy atom. The summed E-state index contributed by atoms with van der Waals surface area (Å²) in [4.78, 5) is 10.5.